The van der Waals surface area contributed by atoms with E-state index in [1.807, 2.05) is 0 Å². The molecule has 6 rings (SSSR count). The van der Waals surface area contributed by atoms with E-state index in [9.17, 15) is 0 Å². The topological polar surface area (TPSA) is 4.93 Å². The third-order valence-electron chi connectivity index (χ3n) is 6.02. The Bertz CT molecular complexity index is 1520. The van der Waals surface area contributed by atoms with Gasteiger partial charge >= 0.3 is 0 Å². The highest BCUT2D eigenvalue weighted by molar-refractivity contribution is 6.22. The van der Waals surface area contributed by atoms with Gasteiger partial charge in [-0.25, -0.2) is 0 Å². The van der Waals surface area contributed by atoms with E-state index in [0.717, 1.165) is 0 Å². The minimum Gasteiger partial charge on any atom is -0.309 e. The van der Waals surface area contributed by atoms with Crippen LogP contribution in [0.2, 0.25) is 0 Å². The second-order valence-electron chi connectivity index (χ2n) is 7.92. The number of fused-ring (bicyclic) bond motifs is 5. The molecule has 0 aliphatic heterocycles. The molecule has 1 nitrogen and oxygen atoms in total. The Kier molecular flexibility index (Phi) is 3.75. The van der Waals surface area contributed by atoms with E-state index < -0.39 is 0 Å². The van der Waals surface area contributed by atoms with Crippen molar-refractivity contribution in [1.29, 1.82) is 0 Å². The van der Waals surface area contributed by atoms with Crippen LogP contribution in [0.25, 0.3) is 49.4 Å². The van der Waals surface area contributed by atoms with Crippen molar-refractivity contribution in [3.8, 4) is 16.8 Å². The Labute approximate surface area is 175 Å². The summed E-state index contributed by atoms with van der Waals surface area (Å²) in [5.41, 5.74) is 7.54. The average Bonchev–Trinajstić information content (AvgIpc) is 3.13. The molecule has 6 aromatic rings. The highest BCUT2D eigenvalue weighted by Crippen LogP contribution is 2.41. The van der Waals surface area contributed by atoms with Gasteiger partial charge in [-0.15, -0.1) is 0 Å². The zero-order chi connectivity index (χ0) is 20.1. The molecule has 0 atom stereocenters. The molecule has 0 N–H and O–H groups in total. The molecule has 142 valence electrons. The Morgan fingerprint density at radius 3 is 1.97 bits per heavy atom. The normalized spacial score (nSPS) is 11.5. The molecule has 0 saturated carbocycles. The minimum atomic E-state index is 1.20. The van der Waals surface area contributed by atoms with E-state index in [1.54, 1.807) is 0 Å². The number of para-hydroxylation sites is 1. The van der Waals surface area contributed by atoms with Gasteiger partial charge in [-0.2, -0.15) is 0 Å². The van der Waals surface area contributed by atoms with Crippen LogP contribution in [0.4, 0.5) is 0 Å². The number of aromatic nitrogens is 1. The van der Waals surface area contributed by atoms with Crippen molar-refractivity contribution >= 4 is 32.6 Å². The fourth-order valence-corrected chi connectivity index (χ4v) is 4.68. The van der Waals surface area contributed by atoms with Crippen LogP contribution in [0.15, 0.2) is 109 Å². The van der Waals surface area contributed by atoms with E-state index in [0.29, 0.717) is 0 Å². The lowest BCUT2D eigenvalue weighted by molar-refractivity contribution is 1.18. The van der Waals surface area contributed by atoms with Gasteiger partial charge in [0.2, 0.25) is 0 Å². The van der Waals surface area contributed by atoms with Crippen molar-refractivity contribution in [3.63, 3.8) is 0 Å². The molecule has 0 radical (unpaired) electrons. The monoisotopic (exact) mass is 383 g/mol. The third kappa shape index (κ3) is 2.49. The predicted molar refractivity (Wildman–Crippen MR) is 128 cm³/mol. The molecule has 1 aromatic heterocycles. The first-order valence-corrected chi connectivity index (χ1v) is 10.4. The van der Waals surface area contributed by atoms with Gasteiger partial charge in [-0.1, -0.05) is 84.9 Å². The van der Waals surface area contributed by atoms with Crippen LogP contribution in [-0.2, 0) is 0 Å². The van der Waals surface area contributed by atoms with Crippen molar-refractivity contribution < 1.29 is 0 Å². The smallest absolute Gasteiger partial charge is 0.0619 e. The standard InChI is InChI=1S/C29H21N/c1-20-16-17-24-27-19-26(21-10-4-2-5-11-21)23-14-8-9-15-25(23)29(27)30(28(24)18-20)22-12-6-3-7-13-22/h2-19H,1H3. The maximum atomic E-state index is 2.43. The zero-order valence-electron chi connectivity index (χ0n) is 16.8. The number of rotatable bonds is 2. The lowest BCUT2D eigenvalue weighted by Crippen LogP contribution is -1.94. The van der Waals surface area contributed by atoms with Crippen LogP contribution in [-0.4, -0.2) is 4.57 Å². The largest absolute Gasteiger partial charge is 0.309 e. The van der Waals surface area contributed by atoms with E-state index in [4.69, 9.17) is 0 Å². The molecule has 0 unspecified atom stereocenters. The fourth-order valence-electron chi connectivity index (χ4n) is 4.68. The molecular weight excluding hydrogens is 362 g/mol. The average molecular weight is 383 g/mol. The summed E-state index contributed by atoms with van der Waals surface area (Å²) in [7, 11) is 0. The van der Waals surface area contributed by atoms with Crippen LogP contribution in [0.1, 0.15) is 5.56 Å². The summed E-state index contributed by atoms with van der Waals surface area (Å²) >= 11 is 0. The Morgan fingerprint density at radius 2 is 1.20 bits per heavy atom. The van der Waals surface area contributed by atoms with Crippen molar-refractivity contribution in [2.45, 2.75) is 6.92 Å². The zero-order valence-corrected chi connectivity index (χ0v) is 16.8. The second-order valence-corrected chi connectivity index (χ2v) is 7.92. The van der Waals surface area contributed by atoms with Gasteiger partial charge in [0, 0.05) is 21.8 Å². The number of aryl methyl sites for hydroxylation is 1. The van der Waals surface area contributed by atoms with Crippen LogP contribution < -0.4 is 0 Å². The molecule has 0 bridgehead atoms. The SMILES string of the molecule is Cc1ccc2c3cc(-c4ccccc4)c4ccccc4c3n(-c3ccccc3)c2c1. The predicted octanol–water partition coefficient (Wildman–Crippen LogP) is 7.91. The number of hydrogen-bond donors (Lipinski definition) is 0. The van der Waals surface area contributed by atoms with E-state index in [-0.39, 0.29) is 0 Å². The van der Waals surface area contributed by atoms with Crippen LogP contribution in [0, 0.1) is 6.92 Å². The maximum absolute atomic E-state index is 2.43. The highest BCUT2D eigenvalue weighted by atomic mass is 15.0. The molecule has 0 aliphatic carbocycles. The van der Waals surface area contributed by atoms with E-state index in [2.05, 4.69) is 121 Å². The number of hydrogen-bond acceptors (Lipinski definition) is 0. The second kappa shape index (κ2) is 6.60. The number of nitrogens with zero attached hydrogens (tertiary/aromatic N) is 1. The minimum absolute atomic E-state index is 1.20. The molecule has 0 saturated heterocycles. The summed E-state index contributed by atoms with van der Waals surface area (Å²) in [5, 5.41) is 5.16. The van der Waals surface area contributed by atoms with Gasteiger partial charge in [-0.05, 0) is 53.3 Å². The highest BCUT2D eigenvalue weighted by Gasteiger charge is 2.17. The molecule has 30 heavy (non-hydrogen) atoms. The summed E-state index contributed by atoms with van der Waals surface area (Å²) in [6.45, 7) is 2.17. The summed E-state index contributed by atoms with van der Waals surface area (Å²) < 4.78 is 2.43. The van der Waals surface area contributed by atoms with E-state index in [1.165, 1.54) is 55.0 Å². The molecule has 0 fully saturated rings. The molecule has 0 spiro atoms. The number of benzene rings is 5. The summed E-state index contributed by atoms with van der Waals surface area (Å²) in [6, 6.07) is 39.4. The summed E-state index contributed by atoms with van der Waals surface area (Å²) in [4.78, 5) is 0. The quantitative estimate of drug-likeness (QED) is 0.286. The van der Waals surface area contributed by atoms with Crippen molar-refractivity contribution in [2.24, 2.45) is 0 Å². The Hall–Kier alpha value is -3.84. The van der Waals surface area contributed by atoms with Gasteiger partial charge in [0.25, 0.3) is 0 Å². The molecule has 5 aromatic carbocycles. The lowest BCUT2D eigenvalue weighted by atomic mass is 9.95. The van der Waals surface area contributed by atoms with Crippen LogP contribution >= 0.6 is 0 Å². The molecular formula is C29H21N. The molecule has 1 heterocycles. The third-order valence-corrected chi connectivity index (χ3v) is 6.02. The Balaban J connectivity index is 1.87. The fraction of sp³-hybridized carbons (Fsp3) is 0.0345. The maximum Gasteiger partial charge on any atom is 0.0619 e. The van der Waals surface area contributed by atoms with Crippen molar-refractivity contribution in [2.75, 3.05) is 0 Å². The summed E-state index contributed by atoms with van der Waals surface area (Å²) in [5.74, 6) is 0. The van der Waals surface area contributed by atoms with E-state index >= 15 is 0 Å². The molecule has 0 amide bonds. The van der Waals surface area contributed by atoms with Gasteiger partial charge < -0.3 is 4.57 Å². The van der Waals surface area contributed by atoms with Crippen LogP contribution in [0.5, 0.6) is 0 Å². The van der Waals surface area contributed by atoms with Crippen molar-refractivity contribution in [1.82, 2.24) is 4.57 Å². The first-order valence-electron chi connectivity index (χ1n) is 10.4. The Morgan fingerprint density at radius 1 is 0.533 bits per heavy atom. The van der Waals surface area contributed by atoms with Gasteiger partial charge in [0.1, 0.15) is 0 Å². The molecule has 1 heteroatoms. The first kappa shape index (κ1) is 17.1. The van der Waals surface area contributed by atoms with Gasteiger partial charge in [0.15, 0.2) is 0 Å². The van der Waals surface area contributed by atoms with Crippen LogP contribution in [0.3, 0.4) is 0 Å². The first-order chi connectivity index (χ1) is 14.8. The summed E-state index contributed by atoms with van der Waals surface area (Å²) in [6.07, 6.45) is 0. The lowest BCUT2D eigenvalue weighted by Gasteiger charge is -2.12. The molecule has 0 aliphatic rings. The van der Waals surface area contributed by atoms with Gasteiger partial charge in [-0.3, -0.25) is 0 Å². The van der Waals surface area contributed by atoms with Gasteiger partial charge in [0.05, 0.1) is 11.0 Å². The van der Waals surface area contributed by atoms with Crippen molar-refractivity contribution in [3.05, 3.63) is 115 Å².